The number of benzene rings is 1. The molecular weight excluding hydrogens is 250 g/mol. The molecule has 1 aromatic rings. The van der Waals surface area contributed by atoms with Gasteiger partial charge >= 0.3 is 0 Å². The van der Waals surface area contributed by atoms with Crippen LogP contribution in [-0.4, -0.2) is 19.8 Å². The molecule has 0 aliphatic carbocycles. The summed E-state index contributed by atoms with van der Waals surface area (Å²) in [7, 11) is 0. The summed E-state index contributed by atoms with van der Waals surface area (Å²) in [6, 6.07) is 2.00. The topological polar surface area (TPSA) is 44.5 Å². The van der Waals surface area contributed by atoms with Crippen LogP contribution in [0.3, 0.4) is 0 Å². The highest BCUT2D eigenvalue weighted by molar-refractivity contribution is 6.32. The summed E-state index contributed by atoms with van der Waals surface area (Å²) in [5.41, 5.74) is 8.03. The molecule has 1 aliphatic heterocycles. The summed E-state index contributed by atoms with van der Waals surface area (Å²) >= 11 is 6.27. The summed E-state index contributed by atoms with van der Waals surface area (Å²) in [6.45, 7) is 6.15. The van der Waals surface area contributed by atoms with Gasteiger partial charge in [0, 0.05) is 5.56 Å². The third-order valence-electron chi connectivity index (χ3n) is 3.12. The molecule has 0 radical (unpaired) electrons. The smallest absolute Gasteiger partial charge is 0.180 e. The van der Waals surface area contributed by atoms with Crippen LogP contribution in [0.1, 0.15) is 37.3 Å². The number of hydrogen-bond donors (Lipinski definition) is 1. The zero-order valence-corrected chi connectivity index (χ0v) is 11.7. The first kappa shape index (κ1) is 13.5. The number of rotatable bonds is 4. The zero-order chi connectivity index (χ0) is 13.1. The van der Waals surface area contributed by atoms with Crippen LogP contribution in [0.4, 0.5) is 0 Å². The maximum Gasteiger partial charge on any atom is 0.180 e. The monoisotopic (exact) mass is 269 g/mol. The van der Waals surface area contributed by atoms with Gasteiger partial charge in [-0.1, -0.05) is 25.4 Å². The second-order valence-electron chi connectivity index (χ2n) is 4.83. The number of fused-ring (bicyclic) bond motifs is 1. The number of ether oxygens (including phenoxy) is 2. The standard InChI is InChI=1S/C14H20ClNO2/c1-9(2)12-10(4-3-5-16)8-11(15)13-14(12)18-7-6-17-13/h8-9H,3-7,16H2,1-2H3. The highest BCUT2D eigenvalue weighted by Gasteiger charge is 2.24. The quantitative estimate of drug-likeness (QED) is 0.913. The molecule has 100 valence electrons. The second kappa shape index (κ2) is 5.81. The SMILES string of the molecule is CC(C)c1c(CCCN)cc(Cl)c2c1OCCO2. The predicted molar refractivity (Wildman–Crippen MR) is 73.9 cm³/mol. The summed E-state index contributed by atoms with van der Waals surface area (Å²) < 4.78 is 11.4. The molecule has 0 saturated carbocycles. The third kappa shape index (κ3) is 2.57. The van der Waals surface area contributed by atoms with Crippen molar-refractivity contribution >= 4 is 11.6 Å². The van der Waals surface area contributed by atoms with Crippen molar-refractivity contribution in [2.75, 3.05) is 19.8 Å². The first-order valence-corrected chi connectivity index (χ1v) is 6.84. The minimum absolute atomic E-state index is 0.380. The Morgan fingerprint density at radius 2 is 1.94 bits per heavy atom. The highest BCUT2D eigenvalue weighted by atomic mass is 35.5. The molecule has 3 nitrogen and oxygen atoms in total. The van der Waals surface area contributed by atoms with Crippen molar-refractivity contribution in [3.8, 4) is 11.5 Å². The number of nitrogens with two attached hydrogens (primary N) is 1. The van der Waals surface area contributed by atoms with Crippen molar-refractivity contribution in [3.05, 3.63) is 22.2 Å². The van der Waals surface area contributed by atoms with Crippen LogP contribution in [0.25, 0.3) is 0 Å². The summed E-state index contributed by atoms with van der Waals surface area (Å²) in [6.07, 6.45) is 1.88. The van der Waals surface area contributed by atoms with Gasteiger partial charge in [0.1, 0.15) is 13.2 Å². The van der Waals surface area contributed by atoms with E-state index >= 15 is 0 Å². The Bertz CT molecular complexity index is 432. The Labute approximate surface area is 113 Å². The van der Waals surface area contributed by atoms with Gasteiger partial charge in [0.25, 0.3) is 0 Å². The number of hydrogen-bond acceptors (Lipinski definition) is 3. The fourth-order valence-electron chi connectivity index (χ4n) is 2.37. The molecule has 0 fully saturated rings. The van der Waals surface area contributed by atoms with Crippen molar-refractivity contribution in [1.29, 1.82) is 0 Å². The minimum atomic E-state index is 0.380. The van der Waals surface area contributed by atoms with E-state index in [0.29, 0.717) is 36.4 Å². The molecule has 0 spiro atoms. The molecule has 2 rings (SSSR count). The van der Waals surface area contributed by atoms with Gasteiger partial charge in [-0.2, -0.15) is 0 Å². The van der Waals surface area contributed by atoms with Gasteiger partial charge in [0.2, 0.25) is 0 Å². The lowest BCUT2D eigenvalue weighted by atomic mass is 9.92. The van der Waals surface area contributed by atoms with Crippen LogP contribution in [0, 0.1) is 0 Å². The molecule has 1 heterocycles. The maximum absolute atomic E-state index is 6.27. The lowest BCUT2D eigenvalue weighted by Gasteiger charge is -2.26. The van der Waals surface area contributed by atoms with Gasteiger partial charge in [-0.15, -0.1) is 0 Å². The van der Waals surface area contributed by atoms with Crippen LogP contribution >= 0.6 is 11.6 Å². The molecule has 0 unspecified atom stereocenters. The van der Waals surface area contributed by atoms with Crippen molar-refractivity contribution in [2.45, 2.75) is 32.6 Å². The molecule has 0 bridgehead atoms. The summed E-state index contributed by atoms with van der Waals surface area (Å²) in [5, 5.41) is 0.640. The first-order chi connectivity index (χ1) is 8.65. The molecule has 1 aliphatic rings. The van der Waals surface area contributed by atoms with E-state index in [-0.39, 0.29) is 0 Å². The van der Waals surface area contributed by atoms with E-state index in [0.717, 1.165) is 18.6 Å². The van der Waals surface area contributed by atoms with Crippen molar-refractivity contribution in [3.63, 3.8) is 0 Å². The molecule has 4 heteroatoms. The highest BCUT2D eigenvalue weighted by Crippen LogP contribution is 2.45. The second-order valence-corrected chi connectivity index (χ2v) is 5.24. The average Bonchev–Trinajstić information content (AvgIpc) is 2.36. The Morgan fingerprint density at radius 3 is 2.56 bits per heavy atom. The van der Waals surface area contributed by atoms with Crippen LogP contribution in [-0.2, 0) is 6.42 Å². The van der Waals surface area contributed by atoms with E-state index in [2.05, 4.69) is 13.8 Å². The Balaban J connectivity index is 2.49. The van der Waals surface area contributed by atoms with Gasteiger partial charge in [-0.05, 0) is 36.9 Å². The van der Waals surface area contributed by atoms with Gasteiger partial charge in [-0.25, -0.2) is 0 Å². The summed E-state index contributed by atoms with van der Waals surface area (Å²) in [4.78, 5) is 0. The van der Waals surface area contributed by atoms with Crippen molar-refractivity contribution < 1.29 is 9.47 Å². The predicted octanol–water partition coefficient (Wildman–Crippen LogP) is 3.13. The van der Waals surface area contributed by atoms with E-state index in [1.54, 1.807) is 0 Å². The van der Waals surface area contributed by atoms with Crippen molar-refractivity contribution in [2.24, 2.45) is 5.73 Å². The zero-order valence-electron chi connectivity index (χ0n) is 11.0. The maximum atomic E-state index is 6.27. The van der Waals surface area contributed by atoms with Gasteiger partial charge in [0.05, 0.1) is 5.02 Å². The lowest BCUT2D eigenvalue weighted by Crippen LogP contribution is -2.18. The lowest BCUT2D eigenvalue weighted by molar-refractivity contribution is 0.169. The largest absolute Gasteiger partial charge is 0.486 e. The summed E-state index contributed by atoms with van der Waals surface area (Å²) in [5.74, 6) is 1.91. The molecule has 2 N–H and O–H groups in total. The van der Waals surface area contributed by atoms with E-state index in [9.17, 15) is 0 Å². The minimum Gasteiger partial charge on any atom is -0.486 e. The van der Waals surface area contributed by atoms with E-state index in [1.807, 2.05) is 6.07 Å². The first-order valence-electron chi connectivity index (χ1n) is 6.46. The molecule has 18 heavy (non-hydrogen) atoms. The average molecular weight is 270 g/mol. The molecule has 1 aromatic carbocycles. The molecule has 0 saturated heterocycles. The van der Waals surface area contributed by atoms with Gasteiger partial charge < -0.3 is 15.2 Å². The van der Waals surface area contributed by atoms with Crippen molar-refractivity contribution in [1.82, 2.24) is 0 Å². The molecular formula is C14H20ClNO2. The van der Waals surface area contributed by atoms with E-state index < -0.39 is 0 Å². The Morgan fingerprint density at radius 1 is 1.28 bits per heavy atom. The molecule has 0 atom stereocenters. The Kier molecular flexibility index (Phi) is 4.36. The van der Waals surface area contributed by atoms with E-state index in [1.165, 1.54) is 11.1 Å². The van der Waals surface area contributed by atoms with Gasteiger partial charge in [-0.3, -0.25) is 0 Å². The molecule has 0 amide bonds. The van der Waals surface area contributed by atoms with Crippen LogP contribution in [0.15, 0.2) is 6.07 Å². The van der Waals surface area contributed by atoms with Crippen LogP contribution in [0.5, 0.6) is 11.5 Å². The van der Waals surface area contributed by atoms with Crippen LogP contribution in [0.2, 0.25) is 5.02 Å². The van der Waals surface area contributed by atoms with Crippen LogP contribution < -0.4 is 15.2 Å². The normalized spacial score (nSPS) is 14.1. The van der Waals surface area contributed by atoms with E-state index in [4.69, 9.17) is 26.8 Å². The number of halogens is 1. The van der Waals surface area contributed by atoms with Gasteiger partial charge in [0.15, 0.2) is 11.5 Å². The fraction of sp³-hybridized carbons (Fsp3) is 0.571. The molecule has 0 aromatic heterocycles. The third-order valence-corrected chi connectivity index (χ3v) is 3.40. The number of aryl methyl sites for hydroxylation is 1. The fourth-order valence-corrected chi connectivity index (χ4v) is 2.64. The Hall–Kier alpha value is -0.930.